The summed E-state index contributed by atoms with van der Waals surface area (Å²) in [5.41, 5.74) is 12.5. The number of hydrogen-bond acceptors (Lipinski definition) is 4. The lowest BCUT2D eigenvalue weighted by atomic mass is 9.64. The van der Waals surface area contributed by atoms with Gasteiger partial charge in [-0.3, -0.25) is 0 Å². The summed E-state index contributed by atoms with van der Waals surface area (Å²) in [5.74, 6) is 3.25. The van der Waals surface area contributed by atoms with E-state index in [4.69, 9.17) is 15.0 Å². The van der Waals surface area contributed by atoms with E-state index in [1.807, 2.05) is 31.5 Å². The minimum atomic E-state index is -2.37. The van der Waals surface area contributed by atoms with Crippen molar-refractivity contribution in [2.24, 2.45) is 11.8 Å². The molecule has 2 saturated carbocycles. The number of aromatic nitrogens is 3. The predicted molar refractivity (Wildman–Crippen MR) is 279 cm³/mol. The summed E-state index contributed by atoms with van der Waals surface area (Å²) in [7, 11) is -2.37. The average molecular weight is 884 g/mol. The molecular formula is C62H50N3OP. The first-order valence-corrected chi connectivity index (χ1v) is 26.2. The van der Waals surface area contributed by atoms with Crippen LogP contribution in [0.15, 0.2) is 206 Å². The molecule has 0 N–H and O–H groups in total. The van der Waals surface area contributed by atoms with Gasteiger partial charge in [-0.25, -0.2) is 15.0 Å². The Kier molecular flexibility index (Phi) is 10.2. The highest BCUT2D eigenvalue weighted by Crippen LogP contribution is 2.60. The van der Waals surface area contributed by atoms with Crippen molar-refractivity contribution in [2.45, 2.75) is 31.1 Å². The van der Waals surface area contributed by atoms with Crippen LogP contribution < -0.4 is 5.30 Å². The van der Waals surface area contributed by atoms with Gasteiger partial charge in [0.1, 0.15) is 7.14 Å². The molecule has 2 aliphatic rings. The monoisotopic (exact) mass is 883 g/mol. The molecule has 0 saturated heterocycles. The smallest absolute Gasteiger partial charge is 0.165 e. The standard InChI is InChI=1S/C62H50N3OP/c1-67(2,66)52-19-13-18-48(39-52)44-29-34-49(35-30-44)62(40-41-24-33-51(62)38-41)50-36-31-47(32-37-50)60-63-59(46-27-25-43(26-28-46)42-14-5-3-6-15-42)64-61(65-60)58-55-22-11-9-20-53(55)57(45-16-7-4-8-17-45)54-21-10-12-23-56(54)58/h3-23,25-32,34-37,39,41,51H,24,33,38,40H2,1-2H3. The van der Waals surface area contributed by atoms with E-state index in [9.17, 15) is 4.57 Å². The average Bonchev–Trinajstić information content (AvgIpc) is 4.02. The lowest BCUT2D eigenvalue weighted by Crippen LogP contribution is -2.34. The van der Waals surface area contributed by atoms with E-state index < -0.39 is 7.14 Å². The van der Waals surface area contributed by atoms with Crippen LogP contribution in [0.5, 0.6) is 0 Å². The molecule has 12 rings (SSSR count). The zero-order valence-corrected chi connectivity index (χ0v) is 38.7. The number of fused-ring (bicyclic) bond motifs is 4. The molecule has 3 atom stereocenters. The Labute approximate surface area is 392 Å². The first kappa shape index (κ1) is 41.2. The van der Waals surface area contributed by atoms with Crippen molar-refractivity contribution in [1.29, 1.82) is 0 Å². The van der Waals surface area contributed by atoms with Crippen LogP contribution in [0.1, 0.15) is 36.8 Å². The molecule has 0 radical (unpaired) electrons. The van der Waals surface area contributed by atoms with Gasteiger partial charge in [-0.2, -0.15) is 0 Å². The molecule has 5 heteroatoms. The maximum Gasteiger partial charge on any atom is 0.165 e. The van der Waals surface area contributed by atoms with Crippen LogP contribution in [0.25, 0.3) is 89.1 Å². The summed E-state index contributed by atoms with van der Waals surface area (Å²) in [6.45, 7) is 3.69. The van der Waals surface area contributed by atoms with Gasteiger partial charge in [0.25, 0.3) is 0 Å². The molecule has 0 amide bonds. The van der Waals surface area contributed by atoms with Gasteiger partial charge in [0.05, 0.1) is 0 Å². The van der Waals surface area contributed by atoms with Gasteiger partial charge < -0.3 is 4.57 Å². The molecular weight excluding hydrogens is 834 g/mol. The Morgan fingerprint density at radius 1 is 0.418 bits per heavy atom. The predicted octanol–water partition coefficient (Wildman–Crippen LogP) is 15.5. The van der Waals surface area contributed by atoms with Crippen molar-refractivity contribution in [2.75, 3.05) is 13.3 Å². The molecule has 0 spiro atoms. The normalized spacial score (nSPS) is 17.9. The first-order chi connectivity index (χ1) is 32.8. The van der Waals surface area contributed by atoms with Crippen LogP contribution in [-0.4, -0.2) is 28.3 Å². The van der Waals surface area contributed by atoms with Crippen LogP contribution in [0.2, 0.25) is 0 Å². The number of nitrogens with zero attached hydrogens (tertiary/aromatic N) is 3. The largest absolute Gasteiger partial charge is 0.319 e. The van der Waals surface area contributed by atoms with Crippen molar-refractivity contribution >= 4 is 34.0 Å². The third-order valence-electron chi connectivity index (χ3n) is 14.8. The van der Waals surface area contributed by atoms with E-state index in [-0.39, 0.29) is 5.41 Å². The van der Waals surface area contributed by atoms with Crippen molar-refractivity contribution in [1.82, 2.24) is 15.0 Å². The van der Waals surface area contributed by atoms with E-state index in [1.165, 1.54) is 47.1 Å². The van der Waals surface area contributed by atoms with Crippen LogP contribution >= 0.6 is 7.14 Å². The second-order valence-corrected chi connectivity index (χ2v) is 22.3. The Balaban J connectivity index is 0.992. The highest BCUT2D eigenvalue weighted by atomic mass is 31.2. The molecule has 2 bridgehead atoms. The second-order valence-electron chi connectivity index (χ2n) is 19.1. The Bertz CT molecular complexity index is 3450. The molecule has 2 fully saturated rings. The summed E-state index contributed by atoms with van der Waals surface area (Å²) in [6, 6.07) is 73.8. The molecule has 3 unspecified atom stereocenters. The van der Waals surface area contributed by atoms with Crippen LogP contribution in [-0.2, 0) is 9.98 Å². The van der Waals surface area contributed by atoms with Crippen molar-refractivity contribution in [3.63, 3.8) is 0 Å². The zero-order chi connectivity index (χ0) is 45.1. The fourth-order valence-electron chi connectivity index (χ4n) is 11.6. The summed E-state index contributed by atoms with van der Waals surface area (Å²) in [6.07, 6.45) is 4.97. The molecule has 1 heterocycles. The van der Waals surface area contributed by atoms with Crippen molar-refractivity contribution < 1.29 is 4.57 Å². The van der Waals surface area contributed by atoms with Crippen molar-refractivity contribution in [3.05, 3.63) is 217 Å². The van der Waals surface area contributed by atoms with Crippen molar-refractivity contribution in [3.8, 4) is 67.5 Å². The highest BCUT2D eigenvalue weighted by molar-refractivity contribution is 7.70. The molecule has 4 nitrogen and oxygen atoms in total. The van der Waals surface area contributed by atoms with E-state index in [2.05, 4.69) is 188 Å². The SMILES string of the molecule is CP(C)(=O)c1cccc(-c2ccc(C3(c4ccc(-c5nc(-c6ccc(-c7ccccc7)cc6)nc(-c6c7ccccc7c(-c7ccccc7)c7ccccc67)n5)cc4)CC4CCC3C4)cc2)c1. The molecule has 9 aromatic carbocycles. The minimum Gasteiger partial charge on any atom is -0.319 e. The van der Waals surface area contributed by atoms with Gasteiger partial charge in [0.15, 0.2) is 17.5 Å². The lowest BCUT2D eigenvalue weighted by molar-refractivity contribution is 0.320. The zero-order valence-electron chi connectivity index (χ0n) is 37.8. The minimum absolute atomic E-state index is 0.0708. The Morgan fingerprint density at radius 3 is 1.37 bits per heavy atom. The third-order valence-corrected chi connectivity index (χ3v) is 16.3. The fraction of sp³-hybridized carbons (Fsp3) is 0.145. The lowest BCUT2D eigenvalue weighted by Gasteiger charge is -2.39. The molecule has 10 aromatic rings. The quantitative estimate of drug-likeness (QED) is 0.107. The summed E-state index contributed by atoms with van der Waals surface area (Å²) in [4.78, 5) is 16.1. The van der Waals surface area contributed by atoms with Gasteiger partial charge in [-0.15, -0.1) is 0 Å². The maximum absolute atomic E-state index is 13.0. The van der Waals surface area contributed by atoms with E-state index in [0.29, 0.717) is 23.4 Å². The first-order valence-electron chi connectivity index (χ1n) is 23.6. The molecule has 1 aromatic heterocycles. The molecule has 0 aliphatic heterocycles. The topological polar surface area (TPSA) is 55.7 Å². The number of hydrogen-bond donors (Lipinski definition) is 0. The third kappa shape index (κ3) is 7.32. The van der Waals surface area contributed by atoms with Gasteiger partial charge in [0, 0.05) is 27.4 Å². The van der Waals surface area contributed by atoms with Gasteiger partial charge in [-0.1, -0.05) is 207 Å². The Hall–Kier alpha value is -7.26. The number of rotatable bonds is 9. The maximum atomic E-state index is 13.0. The molecule has 2 aliphatic carbocycles. The van der Waals surface area contributed by atoms with Crippen LogP contribution in [0, 0.1) is 11.8 Å². The van der Waals surface area contributed by atoms with Gasteiger partial charge in [-0.05, 0) is 117 Å². The summed E-state index contributed by atoms with van der Waals surface area (Å²) >= 11 is 0. The van der Waals surface area contributed by atoms with Crippen LogP contribution in [0.4, 0.5) is 0 Å². The molecule has 67 heavy (non-hydrogen) atoms. The number of benzene rings is 9. The molecule has 324 valence electrons. The van der Waals surface area contributed by atoms with E-state index in [0.717, 1.165) is 72.6 Å². The van der Waals surface area contributed by atoms with Crippen LogP contribution in [0.3, 0.4) is 0 Å². The van der Waals surface area contributed by atoms with Gasteiger partial charge >= 0.3 is 0 Å². The highest BCUT2D eigenvalue weighted by Gasteiger charge is 2.52. The Morgan fingerprint density at radius 2 is 0.851 bits per heavy atom. The van der Waals surface area contributed by atoms with E-state index in [1.54, 1.807) is 0 Å². The second kappa shape index (κ2) is 16.6. The van der Waals surface area contributed by atoms with Gasteiger partial charge in [0.2, 0.25) is 0 Å². The van der Waals surface area contributed by atoms with E-state index >= 15 is 0 Å². The fourth-order valence-corrected chi connectivity index (χ4v) is 12.5. The summed E-state index contributed by atoms with van der Waals surface area (Å²) < 4.78 is 13.0. The summed E-state index contributed by atoms with van der Waals surface area (Å²) in [5, 5.41) is 5.44.